The molecule has 118 valence electrons. The van der Waals surface area contributed by atoms with Gasteiger partial charge in [-0.05, 0) is 6.07 Å². The average Bonchev–Trinajstić information content (AvgIpc) is 2.50. The van der Waals surface area contributed by atoms with Gasteiger partial charge in [0, 0.05) is 31.7 Å². The Kier molecular flexibility index (Phi) is 5.93. The van der Waals surface area contributed by atoms with Crippen LogP contribution in [0.1, 0.15) is 5.56 Å². The number of rotatable bonds is 6. The number of halogens is 1. The van der Waals surface area contributed by atoms with Crippen LogP contribution in [-0.4, -0.2) is 51.3 Å². The van der Waals surface area contributed by atoms with Crippen molar-refractivity contribution in [2.24, 2.45) is 5.92 Å². The van der Waals surface area contributed by atoms with Gasteiger partial charge in [-0.15, -0.1) is 0 Å². The lowest BCUT2D eigenvalue weighted by Gasteiger charge is -2.33. The number of benzene rings is 1. The van der Waals surface area contributed by atoms with Gasteiger partial charge in [0.2, 0.25) is 0 Å². The van der Waals surface area contributed by atoms with Gasteiger partial charge in [-0.3, -0.25) is 0 Å². The number of aliphatic hydroxyl groups is 1. The molecule has 0 radical (unpaired) electrons. The van der Waals surface area contributed by atoms with Crippen LogP contribution in [0.4, 0.5) is 4.39 Å². The molecule has 0 amide bonds. The second-order valence-corrected chi connectivity index (χ2v) is 5.13. The molecule has 0 unspecified atom stereocenters. The lowest BCUT2D eigenvalue weighted by molar-refractivity contribution is -0.133. The molecule has 5 nitrogen and oxygen atoms in total. The van der Waals surface area contributed by atoms with Gasteiger partial charge >= 0.3 is 0 Å². The largest absolute Gasteiger partial charge is 0.494 e. The molecule has 1 aliphatic heterocycles. The quantitative estimate of drug-likeness (QED) is 0.819. The van der Waals surface area contributed by atoms with Crippen LogP contribution in [0.25, 0.3) is 0 Å². The molecular weight excluding hydrogens is 277 g/mol. The minimum Gasteiger partial charge on any atom is -0.494 e. The summed E-state index contributed by atoms with van der Waals surface area (Å²) in [7, 11) is 2.99. The minimum atomic E-state index is -0.577. The van der Waals surface area contributed by atoms with E-state index < -0.39 is 6.10 Å². The Labute approximate surface area is 124 Å². The van der Waals surface area contributed by atoms with Crippen LogP contribution in [0.5, 0.6) is 5.75 Å². The van der Waals surface area contributed by atoms with Crippen molar-refractivity contribution >= 4 is 0 Å². The third-order valence-corrected chi connectivity index (χ3v) is 3.77. The van der Waals surface area contributed by atoms with Crippen LogP contribution in [0.2, 0.25) is 0 Å². The number of ether oxygens (including phenoxy) is 3. The number of aliphatic hydroxyl groups excluding tert-OH is 1. The molecule has 0 aromatic heterocycles. The molecule has 1 heterocycles. The van der Waals surface area contributed by atoms with E-state index in [-0.39, 0.29) is 23.6 Å². The first kappa shape index (κ1) is 16.2. The zero-order chi connectivity index (χ0) is 15.2. The van der Waals surface area contributed by atoms with Crippen molar-refractivity contribution in [1.29, 1.82) is 0 Å². The number of hydrogen-bond acceptors (Lipinski definition) is 5. The fourth-order valence-electron chi connectivity index (χ4n) is 2.47. The monoisotopic (exact) mass is 299 g/mol. The minimum absolute atomic E-state index is 0.0719. The maximum Gasteiger partial charge on any atom is 0.169 e. The van der Waals surface area contributed by atoms with Crippen molar-refractivity contribution in [3.8, 4) is 5.75 Å². The highest BCUT2D eigenvalue weighted by Gasteiger charge is 2.32. The summed E-state index contributed by atoms with van der Waals surface area (Å²) in [6, 6.07) is 5.04. The standard InChI is InChI=1S/C15H22FNO4/c1-19-12-5-3-4-10(14(12)16)6-17-7-11-8-21-9-13(20-2)15(11)18/h3-5,11,13,15,17-18H,6-9H2,1-2H3/t11-,13-,15+/m1/s1. The van der Waals surface area contributed by atoms with Crippen LogP contribution >= 0.6 is 0 Å². The lowest BCUT2D eigenvalue weighted by atomic mass is 9.96. The zero-order valence-corrected chi connectivity index (χ0v) is 12.3. The van der Waals surface area contributed by atoms with Gasteiger partial charge < -0.3 is 24.6 Å². The van der Waals surface area contributed by atoms with Gasteiger partial charge in [0.15, 0.2) is 11.6 Å². The van der Waals surface area contributed by atoms with E-state index in [4.69, 9.17) is 14.2 Å². The Morgan fingerprint density at radius 3 is 2.90 bits per heavy atom. The van der Waals surface area contributed by atoms with Crippen molar-refractivity contribution in [3.63, 3.8) is 0 Å². The van der Waals surface area contributed by atoms with Crippen molar-refractivity contribution in [2.45, 2.75) is 18.8 Å². The molecule has 1 aromatic carbocycles. The molecule has 21 heavy (non-hydrogen) atoms. The smallest absolute Gasteiger partial charge is 0.169 e. The Morgan fingerprint density at radius 1 is 1.38 bits per heavy atom. The summed E-state index contributed by atoms with van der Waals surface area (Å²) < 4.78 is 29.5. The Hall–Kier alpha value is -1.21. The van der Waals surface area contributed by atoms with E-state index in [0.29, 0.717) is 31.9 Å². The van der Waals surface area contributed by atoms with Crippen LogP contribution in [-0.2, 0) is 16.0 Å². The molecule has 0 spiro atoms. The van der Waals surface area contributed by atoms with E-state index in [0.717, 1.165) is 0 Å². The predicted octanol–water partition coefficient (Wildman–Crippen LogP) is 0.946. The molecule has 1 fully saturated rings. The van der Waals surface area contributed by atoms with Crippen LogP contribution in [0.15, 0.2) is 18.2 Å². The molecule has 2 N–H and O–H groups in total. The Bertz CT molecular complexity index is 457. The van der Waals surface area contributed by atoms with E-state index >= 15 is 0 Å². The highest BCUT2D eigenvalue weighted by Crippen LogP contribution is 2.20. The SMILES string of the molecule is COc1cccc(CNC[C@@H]2COC[C@@H](OC)[C@H]2O)c1F. The topological polar surface area (TPSA) is 60.0 Å². The molecule has 6 heteroatoms. The van der Waals surface area contributed by atoms with E-state index in [9.17, 15) is 9.50 Å². The van der Waals surface area contributed by atoms with Gasteiger partial charge in [-0.2, -0.15) is 0 Å². The highest BCUT2D eigenvalue weighted by atomic mass is 19.1. The van der Waals surface area contributed by atoms with Crippen molar-refractivity contribution in [2.75, 3.05) is 34.0 Å². The van der Waals surface area contributed by atoms with Crippen molar-refractivity contribution in [3.05, 3.63) is 29.6 Å². The summed E-state index contributed by atoms with van der Waals surface area (Å²) in [5.41, 5.74) is 0.531. The van der Waals surface area contributed by atoms with Gasteiger partial charge in [-0.25, -0.2) is 4.39 Å². The van der Waals surface area contributed by atoms with Crippen LogP contribution in [0.3, 0.4) is 0 Å². The molecule has 0 aliphatic carbocycles. The second-order valence-electron chi connectivity index (χ2n) is 5.13. The summed E-state index contributed by atoms with van der Waals surface area (Å²) >= 11 is 0. The summed E-state index contributed by atoms with van der Waals surface area (Å²) in [5.74, 6) is -0.199. The Morgan fingerprint density at radius 2 is 2.19 bits per heavy atom. The zero-order valence-electron chi connectivity index (χ0n) is 12.3. The molecule has 2 rings (SSSR count). The molecule has 1 saturated heterocycles. The molecular formula is C15H22FNO4. The maximum atomic E-state index is 14.0. The van der Waals surface area contributed by atoms with Gasteiger partial charge in [0.05, 0.1) is 26.4 Å². The first-order valence-corrected chi connectivity index (χ1v) is 6.98. The molecule has 1 aliphatic rings. The third-order valence-electron chi connectivity index (χ3n) is 3.77. The van der Waals surface area contributed by atoms with E-state index in [1.54, 1.807) is 25.3 Å². The van der Waals surface area contributed by atoms with Gasteiger partial charge in [0.25, 0.3) is 0 Å². The predicted molar refractivity (Wildman–Crippen MR) is 75.8 cm³/mol. The molecule has 0 saturated carbocycles. The first-order valence-electron chi connectivity index (χ1n) is 6.98. The molecule has 0 bridgehead atoms. The number of methoxy groups -OCH3 is 2. The second kappa shape index (κ2) is 7.70. The summed E-state index contributed by atoms with van der Waals surface area (Å²) in [6.07, 6.45) is -0.884. The third kappa shape index (κ3) is 3.91. The van der Waals surface area contributed by atoms with Crippen LogP contribution in [0, 0.1) is 11.7 Å². The number of hydrogen-bond donors (Lipinski definition) is 2. The van der Waals surface area contributed by atoms with Crippen LogP contribution < -0.4 is 10.1 Å². The normalized spacial score (nSPS) is 25.8. The summed E-state index contributed by atoms with van der Waals surface area (Å²) in [6.45, 7) is 1.76. The van der Waals surface area contributed by atoms with Crippen molar-refractivity contribution in [1.82, 2.24) is 5.32 Å². The van der Waals surface area contributed by atoms with E-state index in [2.05, 4.69) is 5.32 Å². The highest BCUT2D eigenvalue weighted by molar-refractivity contribution is 5.30. The van der Waals surface area contributed by atoms with E-state index in [1.165, 1.54) is 7.11 Å². The maximum absolute atomic E-state index is 14.0. The Balaban J connectivity index is 1.87. The lowest BCUT2D eigenvalue weighted by Crippen LogP contribution is -2.48. The summed E-state index contributed by atoms with van der Waals surface area (Å²) in [4.78, 5) is 0. The van der Waals surface area contributed by atoms with E-state index in [1.807, 2.05) is 0 Å². The van der Waals surface area contributed by atoms with Gasteiger partial charge in [-0.1, -0.05) is 12.1 Å². The molecule has 3 atom stereocenters. The van der Waals surface area contributed by atoms with Gasteiger partial charge in [0.1, 0.15) is 6.10 Å². The average molecular weight is 299 g/mol. The fraction of sp³-hybridized carbons (Fsp3) is 0.600. The van der Waals surface area contributed by atoms with Crippen molar-refractivity contribution < 1.29 is 23.7 Å². The first-order chi connectivity index (χ1) is 10.2. The number of nitrogens with one attached hydrogen (secondary N) is 1. The summed E-state index contributed by atoms with van der Waals surface area (Å²) in [5, 5.41) is 13.3. The fourth-order valence-corrected chi connectivity index (χ4v) is 2.47. The molecule has 1 aromatic rings.